The lowest BCUT2D eigenvalue weighted by molar-refractivity contribution is 0.0928. The van der Waals surface area contributed by atoms with Crippen molar-refractivity contribution >= 4 is 21.6 Å². The van der Waals surface area contributed by atoms with E-state index < -0.39 is 0 Å². The molecule has 2 rings (SSSR count). The van der Waals surface area contributed by atoms with Crippen molar-refractivity contribution in [1.82, 2.24) is 5.32 Å². The second-order valence-corrected chi connectivity index (χ2v) is 5.96. The van der Waals surface area contributed by atoms with Gasteiger partial charge >= 0.3 is 0 Å². The third-order valence-corrected chi connectivity index (χ3v) is 4.39. The largest absolute Gasteiger partial charge is 0.377 e. The Hall–Kier alpha value is -0.580. The van der Waals surface area contributed by atoms with Crippen molar-refractivity contribution in [2.45, 2.75) is 32.4 Å². The van der Waals surface area contributed by atoms with Gasteiger partial charge in [0.15, 0.2) is 0 Å². The van der Waals surface area contributed by atoms with Gasteiger partial charge in [-0.25, -0.2) is 0 Å². The van der Waals surface area contributed by atoms with E-state index in [1.165, 1.54) is 11.3 Å². The molecule has 1 heterocycles. The van der Waals surface area contributed by atoms with Crippen LogP contribution in [-0.2, 0) is 4.74 Å². The summed E-state index contributed by atoms with van der Waals surface area (Å²) in [6.07, 6.45) is 1.11. The van der Waals surface area contributed by atoms with E-state index in [0.717, 1.165) is 30.7 Å². The molecular weight excluding hydrogens is 304 g/mol. The van der Waals surface area contributed by atoms with E-state index in [1.807, 2.05) is 7.05 Å². The molecule has 0 bridgehead atoms. The van der Waals surface area contributed by atoms with Gasteiger partial charge in [0.05, 0.1) is 19.3 Å². The molecule has 0 radical (unpaired) electrons. The number of benzene rings is 1. The van der Waals surface area contributed by atoms with E-state index in [1.54, 1.807) is 0 Å². The van der Waals surface area contributed by atoms with Gasteiger partial charge in [-0.15, -0.1) is 0 Å². The SMILES string of the molecule is CCC1COCCN1c1cc(Br)ccc1C(C)NC. The summed E-state index contributed by atoms with van der Waals surface area (Å²) >= 11 is 3.60. The summed E-state index contributed by atoms with van der Waals surface area (Å²) in [5, 5.41) is 3.34. The van der Waals surface area contributed by atoms with Gasteiger partial charge < -0.3 is 15.0 Å². The highest BCUT2D eigenvalue weighted by Crippen LogP contribution is 2.32. The summed E-state index contributed by atoms with van der Waals surface area (Å²) in [5.74, 6) is 0. The van der Waals surface area contributed by atoms with Gasteiger partial charge in [0.1, 0.15) is 0 Å². The monoisotopic (exact) mass is 326 g/mol. The molecule has 0 aliphatic carbocycles. The minimum Gasteiger partial charge on any atom is -0.377 e. The highest BCUT2D eigenvalue weighted by molar-refractivity contribution is 9.10. The second-order valence-electron chi connectivity index (χ2n) is 5.04. The number of nitrogens with zero attached hydrogens (tertiary/aromatic N) is 1. The number of nitrogens with one attached hydrogen (secondary N) is 1. The van der Waals surface area contributed by atoms with Crippen LogP contribution >= 0.6 is 15.9 Å². The summed E-state index contributed by atoms with van der Waals surface area (Å²) in [6, 6.07) is 7.39. The van der Waals surface area contributed by atoms with Crippen molar-refractivity contribution in [2.24, 2.45) is 0 Å². The second kappa shape index (κ2) is 6.73. The van der Waals surface area contributed by atoms with Crippen LogP contribution in [0, 0.1) is 0 Å². The maximum Gasteiger partial charge on any atom is 0.0670 e. The fraction of sp³-hybridized carbons (Fsp3) is 0.600. The molecule has 4 heteroatoms. The minimum atomic E-state index is 0.350. The molecule has 3 nitrogen and oxygen atoms in total. The average molecular weight is 327 g/mol. The molecule has 1 aliphatic rings. The predicted octanol–water partition coefficient (Wildman–Crippen LogP) is 3.34. The average Bonchev–Trinajstić information content (AvgIpc) is 2.46. The van der Waals surface area contributed by atoms with Crippen LogP contribution in [0.5, 0.6) is 0 Å². The van der Waals surface area contributed by atoms with Gasteiger partial charge in [-0.1, -0.05) is 28.9 Å². The first-order valence-corrected chi connectivity index (χ1v) is 7.77. The number of morpholine rings is 1. The van der Waals surface area contributed by atoms with Gasteiger partial charge in [0.25, 0.3) is 0 Å². The Morgan fingerprint density at radius 2 is 2.32 bits per heavy atom. The third kappa shape index (κ3) is 3.30. The zero-order valence-electron chi connectivity index (χ0n) is 11.9. The molecule has 1 N–H and O–H groups in total. The van der Waals surface area contributed by atoms with Gasteiger partial charge in [0, 0.05) is 22.7 Å². The first-order chi connectivity index (χ1) is 9.17. The molecule has 1 fully saturated rings. The quantitative estimate of drug-likeness (QED) is 0.918. The highest BCUT2D eigenvalue weighted by Gasteiger charge is 2.24. The van der Waals surface area contributed by atoms with Crippen LogP contribution < -0.4 is 10.2 Å². The van der Waals surface area contributed by atoms with E-state index in [-0.39, 0.29) is 0 Å². The number of halogens is 1. The van der Waals surface area contributed by atoms with Crippen molar-refractivity contribution in [2.75, 3.05) is 31.7 Å². The fourth-order valence-electron chi connectivity index (χ4n) is 2.60. The fourth-order valence-corrected chi connectivity index (χ4v) is 2.95. The molecular formula is C15H23BrN2O. The Labute approximate surface area is 124 Å². The molecule has 0 aromatic heterocycles. The Morgan fingerprint density at radius 3 is 3.00 bits per heavy atom. The zero-order chi connectivity index (χ0) is 13.8. The van der Waals surface area contributed by atoms with Crippen LogP contribution in [0.1, 0.15) is 31.9 Å². The van der Waals surface area contributed by atoms with Crippen LogP contribution in [-0.4, -0.2) is 32.8 Å². The van der Waals surface area contributed by atoms with Crippen LogP contribution in [0.3, 0.4) is 0 Å². The van der Waals surface area contributed by atoms with Gasteiger partial charge in [-0.05, 0) is 38.1 Å². The molecule has 19 heavy (non-hydrogen) atoms. The van der Waals surface area contributed by atoms with E-state index in [0.29, 0.717) is 12.1 Å². The maximum atomic E-state index is 5.61. The molecule has 2 unspecified atom stereocenters. The number of anilines is 1. The molecule has 1 aromatic carbocycles. The van der Waals surface area contributed by atoms with E-state index in [2.05, 4.69) is 58.2 Å². The summed E-state index contributed by atoms with van der Waals surface area (Å²) in [7, 11) is 2.01. The Balaban J connectivity index is 2.37. The van der Waals surface area contributed by atoms with Crippen LogP contribution in [0.2, 0.25) is 0 Å². The van der Waals surface area contributed by atoms with E-state index in [4.69, 9.17) is 4.74 Å². The predicted molar refractivity (Wildman–Crippen MR) is 83.9 cm³/mol. The highest BCUT2D eigenvalue weighted by atomic mass is 79.9. The normalized spacial score (nSPS) is 21.5. The molecule has 1 aliphatic heterocycles. The van der Waals surface area contributed by atoms with Crippen molar-refractivity contribution in [3.63, 3.8) is 0 Å². The van der Waals surface area contributed by atoms with Gasteiger partial charge in [-0.2, -0.15) is 0 Å². The van der Waals surface area contributed by atoms with Crippen molar-refractivity contribution in [3.8, 4) is 0 Å². The van der Waals surface area contributed by atoms with Crippen LogP contribution in [0.15, 0.2) is 22.7 Å². The molecule has 0 amide bonds. The lowest BCUT2D eigenvalue weighted by Crippen LogP contribution is -2.45. The van der Waals surface area contributed by atoms with Gasteiger partial charge in [-0.3, -0.25) is 0 Å². The molecule has 1 saturated heterocycles. The number of rotatable bonds is 4. The van der Waals surface area contributed by atoms with Crippen molar-refractivity contribution in [3.05, 3.63) is 28.2 Å². The smallest absolute Gasteiger partial charge is 0.0670 e. The zero-order valence-corrected chi connectivity index (χ0v) is 13.5. The standard InChI is InChI=1S/C15H23BrN2O/c1-4-13-10-19-8-7-18(13)15-9-12(16)5-6-14(15)11(2)17-3/h5-6,9,11,13,17H,4,7-8,10H2,1-3H3. The van der Waals surface area contributed by atoms with E-state index >= 15 is 0 Å². The molecule has 0 spiro atoms. The summed E-state index contributed by atoms with van der Waals surface area (Å²) in [4.78, 5) is 2.50. The molecule has 2 atom stereocenters. The topological polar surface area (TPSA) is 24.5 Å². The first-order valence-electron chi connectivity index (χ1n) is 6.98. The summed E-state index contributed by atoms with van der Waals surface area (Å²) in [5.41, 5.74) is 2.68. The van der Waals surface area contributed by atoms with Gasteiger partial charge in [0.2, 0.25) is 0 Å². The lowest BCUT2D eigenvalue weighted by atomic mass is 10.0. The maximum absolute atomic E-state index is 5.61. The molecule has 1 aromatic rings. The Morgan fingerprint density at radius 1 is 1.53 bits per heavy atom. The molecule has 106 valence electrons. The third-order valence-electron chi connectivity index (χ3n) is 3.90. The number of ether oxygens (including phenoxy) is 1. The number of hydrogen-bond donors (Lipinski definition) is 1. The minimum absolute atomic E-state index is 0.350. The number of hydrogen-bond acceptors (Lipinski definition) is 3. The first kappa shape index (κ1) is 14.8. The summed E-state index contributed by atoms with van der Waals surface area (Å²) in [6.45, 7) is 7.05. The lowest BCUT2D eigenvalue weighted by Gasteiger charge is -2.38. The Kier molecular flexibility index (Phi) is 5.25. The Bertz CT molecular complexity index is 425. The van der Waals surface area contributed by atoms with E-state index in [9.17, 15) is 0 Å². The summed E-state index contributed by atoms with van der Waals surface area (Å²) < 4.78 is 6.75. The molecule has 0 saturated carbocycles. The van der Waals surface area contributed by atoms with Crippen LogP contribution in [0.4, 0.5) is 5.69 Å². The van der Waals surface area contributed by atoms with Crippen LogP contribution in [0.25, 0.3) is 0 Å². The van der Waals surface area contributed by atoms with Crippen molar-refractivity contribution < 1.29 is 4.74 Å². The van der Waals surface area contributed by atoms with Crippen molar-refractivity contribution in [1.29, 1.82) is 0 Å².